The minimum atomic E-state index is -0.335. The van der Waals surface area contributed by atoms with Gasteiger partial charge in [0, 0.05) is 19.5 Å². The van der Waals surface area contributed by atoms with Crippen molar-refractivity contribution in [1.29, 1.82) is 0 Å². The number of phenols is 2. The molecule has 0 aliphatic rings. The Hall–Kier alpha value is -2.40. The van der Waals surface area contributed by atoms with Crippen LogP contribution in [-0.2, 0) is 29.0 Å². The van der Waals surface area contributed by atoms with E-state index in [9.17, 15) is 9.59 Å². The maximum absolute atomic E-state index is 11.3. The third kappa shape index (κ3) is 11.3. The minimum absolute atomic E-state index is 0. The summed E-state index contributed by atoms with van der Waals surface area (Å²) in [4.78, 5) is 22.7. The first-order valence-electron chi connectivity index (χ1n) is 9.40. The first-order chi connectivity index (χ1) is 13.5. The molecule has 7 heteroatoms. The van der Waals surface area contributed by atoms with Gasteiger partial charge in [-0.2, -0.15) is 0 Å². The zero-order chi connectivity index (χ0) is 20.8. The van der Waals surface area contributed by atoms with Crippen LogP contribution in [0, 0.1) is 0 Å². The predicted molar refractivity (Wildman–Crippen MR) is 107 cm³/mol. The molecule has 2 aromatic carbocycles. The second-order valence-corrected chi connectivity index (χ2v) is 6.07. The van der Waals surface area contributed by atoms with E-state index in [2.05, 4.69) is 0 Å². The van der Waals surface area contributed by atoms with Gasteiger partial charge in [-0.3, -0.25) is 0 Å². The predicted octanol–water partition coefficient (Wildman–Crippen LogP) is 4.70. The van der Waals surface area contributed by atoms with Crippen molar-refractivity contribution in [3.8, 4) is 11.5 Å². The van der Waals surface area contributed by atoms with E-state index >= 15 is 0 Å². The molecule has 0 aromatic heterocycles. The van der Waals surface area contributed by atoms with Crippen LogP contribution in [0.3, 0.4) is 0 Å². The third-order valence-electron chi connectivity index (χ3n) is 3.67. The smallest absolute Gasteiger partial charge is 0.338 e. The average molecular weight is 454 g/mol. The van der Waals surface area contributed by atoms with Gasteiger partial charge in [0.25, 0.3) is 0 Å². The van der Waals surface area contributed by atoms with Gasteiger partial charge < -0.3 is 19.7 Å². The van der Waals surface area contributed by atoms with Crippen LogP contribution < -0.4 is 0 Å². The van der Waals surface area contributed by atoms with Gasteiger partial charge in [-0.05, 0) is 61.4 Å². The molecule has 0 saturated heterocycles. The average Bonchev–Trinajstić information content (AvgIpc) is 2.70. The number of aromatic hydroxyl groups is 2. The summed E-state index contributed by atoms with van der Waals surface area (Å²) in [5, 5.41) is 18.0. The molecular formula is C22H28O6Zn. The molecule has 2 N–H and O–H groups in total. The Labute approximate surface area is 184 Å². The molecule has 2 rings (SSSR count). The first-order valence-corrected chi connectivity index (χ1v) is 9.40. The molecule has 29 heavy (non-hydrogen) atoms. The number of carbonyl (C=O) groups excluding carboxylic acids is 2. The fourth-order valence-corrected chi connectivity index (χ4v) is 1.98. The van der Waals surface area contributed by atoms with Gasteiger partial charge in [0.15, 0.2) is 0 Å². The van der Waals surface area contributed by atoms with E-state index in [0.717, 1.165) is 25.7 Å². The number of hydrogen-bond donors (Lipinski definition) is 2. The number of hydrogen-bond acceptors (Lipinski definition) is 6. The molecule has 0 unspecified atom stereocenters. The maximum Gasteiger partial charge on any atom is 0.338 e. The van der Waals surface area contributed by atoms with Gasteiger partial charge in [0.05, 0.1) is 24.3 Å². The molecule has 0 aliphatic carbocycles. The summed E-state index contributed by atoms with van der Waals surface area (Å²) >= 11 is 0. The van der Waals surface area contributed by atoms with Crippen LogP contribution in [0.4, 0.5) is 0 Å². The van der Waals surface area contributed by atoms with E-state index < -0.39 is 0 Å². The Kier molecular flexibility index (Phi) is 14.2. The van der Waals surface area contributed by atoms with Crippen molar-refractivity contribution >= 4 is 11.9 Å². The van der Waals surface area contributed by atoms with Crippen molar-refractivity contribution in [3.05, 3.63) is 59.7 Å². The number of unbranched alkanes of at least 4 members (excludes halogenated alkanes) is 2. The van der Waals surface area contributed by atoms with Crippen molar-refractivity contribution in [2.24, 2.45) is 0 Å². The van der Waals surface area contributed by atoms with Crippen LogP contribution in [0.1, 0.15) is 60.2 Å². The monoisotopic (exact) mass is 452 g/mol. The Morgan fingerprint density at radius 2 is 1.00 bits per heavy atom. The SMILES string of the molecule is CCCCOC(=O)c1ccc(O)cc1.CCCCOC(=O)c1ccc(O)cc1.[Zn]. The van der Waals surface area contributed by atoms with E-state index in [1.807, 2.05) is 13.8 Å². The normalized spacial score (nSPS) is 9.45. The Bertz CT molecular complexity index is 650. The second kappa shape index (κ2) is 15.5. The summed E-state index contributed by atoms with van der Waals surface area (Å²) in [5.74, 6) is -0.373. The first kappa shape index (κ1) is 26.6. The molecular weight excluding hydrogens is 426 g/mol. The topological polar surface area (TPSA) is 93.1 Å². The van der Waals surface area contributed by atoms with Gasteiger partial charge in [0.1, 0.15) is 11.5 Å². The molecule has 0 amide bonds. The van der Waals surface area contributed by atoms with E-state index in [1.165, 1.54) is 24.3 Å². The number of carbonyl (C=O) groups is 2. The molecule has 0 atom stereocenters. The number of benzene rings is 2. The van der Waals surface area contributed by atoms with Crippen LogP contribution in [0.5, 0.6) is 11.5 Å². The Balaban J connectivity index is 0.000000523. The summed E-state index contributed by atoms with van der Waals surface area (Å²) < 4.78 is 9.98. The molecule has 0 spiro atoms. The molecule has 0 aliphatic heterocycles. The van der Waals surface area contributed by atoms with E-state index in [0.29, 0.717) is 24.3 Å². The molecule has 154 valence electrons. The Morgan fingerprint density at radius 1 is 0.690 bits per heavy atom. The van der Waals surface area contributed by atoms with Gasteiger partial charge in [-0.1, -0.05) is 26.7 Å². The van der Waals surface area contributed by atoms with Crippen molar-refractivity contribution in [1.82, 2.24) is 0 Å². The number of rotatable bonds is 8. The Morgan fingerprint density at radius 3 is 1.28 bits per heavy atom. The largest absolute Gasteiger partial charge is 0.508 e. The summed E-state index contributed by atoms with van der Waals surface area (Å²) in [7, 11) is 0. The summed E-state index contributed by atoms with van der Waals surface area (Å²) in [6, 6.07) is 12.1. The zero-order valence-corrected chi connectivity index (χ0v) is 20.1. The summed E-state index contributed by atoms with van der Waals surface area (Å²) in [5.41, 5.74) is 0.942. The van der Waals surface area contributed by atoms with Crippen molar-refractivity contribution < 1.29 is 48.8 Å². The van der Waals surface area contributed by atoms with E-state index in [4.69, 9.17) is 19.7 Å². The van der Waals surface area contributed by atoms with E-state index in [-0.39, 0.29) is 42.9 Å². The molecule has 2 aromatic rings. The number of esters is 2. The van der Waals surface area contributed by atoms with Gasteiger partial charge in [-0.15, -0.1) is 0 Å². The number of phenolic OH excluding ortho intramolecular Hbond substituents is 2. The summed E-state index contributed by atoms with van der Waals surface area (Å²) in [6.07, 6.45) is 3.76. The molecule has 6 nitrogen and oxygen atoms in total. The quantitative estimate of drug-likeness (QED) is 0.342. The molecule has 0 fully saturated rings. The van der Waals surface area contributed by atoms with Crippen LogP contribution in [0.25, 0.3) is 0 Å². The van der Waals surface area contributed by atoms with Gasteiger partial charge in [-0.25, -0.2) is 9.59 Å². The molecule has 0 radical (unpaired) electrons. The van der Waals surface area contributed by atoms with Gasteiger partial charge >= 0.3 is 11.9 Å². The standard InChI is InChI=1S/2C11H14O3.Zn/c2*1-2-3-8-14-11(13)9-4-6-10(12)7-5-9;/h2*4-7,12H,2-3,8H2,1H3;. The van der Waals surface area contributed by atoms with Crippen LogP contribution in [-0.4, -0.2) is 35.4 Å². The van der Waals surface area contributed by atoms with Crippen LogP contribution in [0.15, 0.2) is 48.5 Å². The maximum atomic E-state index is 11.3. The zero-order valence-electron chi connectivity index (χ0n) is 17.1. The second-order valence-electron chi connectivity index (χ2n) is 6.07. The fraction of sp³-hybridized carbons (Fsp3) is 0.364. The van der Waals surface area contributed by atoms with E-state index in [1.54, 1.807) is 24.3 Å². The molecule has 0 saturated carbocycles. The van der Waals surface area contributed by atoms with Crippen molar-refractivity contribution in [2.45, 2.75) is 39.5 Å². The van der Waals surface area contributed by atoms with Crippen LogP contribution >= 0.6 is 0 Å². The van der Waals surface area contributed by atoms with Gasteiger partial charge in [0.2, 0.25) is 0 Å². The third-order valence-corrected chi connectivity index (χ3v) is 3.67. The van der Waals surface area contributed by atoms with Crippen molar-refractivity contribution in [3.63, 3.8) is 0 Å². The molecule has 0 heterocycles. The summed E-state index contributed by atoms with van der Waals surface area (Å²) in [6.45, 7) is 4.98. The minimum Gasteiger partial charge on any atom is -0.508 e. The fourth-order valence-electron chi connectivity index (χ4n) is 1.98. The van der Waals surface area contributed by atoms with Crippen molar-refractivity contribution in [2.75, 3.05) is 13.2 Å². The van der Waals surface area contributed by atoms with Crippen LogP contribution in [0.2, 0.25) is 0 Å². The number of ether oxygens (including phenoxy) is 2. The molecule has 0 bridgehead atoms.